The highest BCUT2D eigenvalue weighted by molar-refractivity contribution is 7.88. The van der Waals surface area contributed by atoms with E-state index in [0.717, 1.165) is 53.6 Å². The molecule has 5 aromatic heterocycles. The number of halogens is 1. The first-order chi connectivity index (χ1) is 21.8. The van der Waals surface area contributed by atoms with Crippen LogP contribution in [0.2, 0.25) is 0 Å². The Balaban J connectivity index is 1.19. The molecule has 3 N–H and O–H groups in total. The van der Waals surface area contributed by atoms with Gasteiger partial charge in [-0.25, -0.2) is 27.5 Å². The molecule has 0 saturated carbocycles. The minimum Gasteiger partial charge on any atom is -0.491 e. The summed E-state index contributed by atoms with van der Waals surface area (Å²) in [5.41, 5.74) is 6.72. The Bertz CT molecular complexity index is 2120. The van der Waals surface area contributed by atoms with Crippen molar-refractivity contribution in [3.63, 3.8) is 0 Å². The molecule has 1 saturated heterocycles. The molecule has 13 heteroatoms. The van der Waals surface area contributed by atoms with Crippen LogP contribution in [0.15, 0.2) is 67.1 Å². The lowest BCUT2D eigenvalue weighted by Crippen LogP contribution is -2.25. The van der Waals surface area contributed by atoms with Crippen molar-refractivity contribution < 1.29 is 17.5 Å². The van der Waals surface area contributed by atoms with E-state index in [-0.39, 0.29) is 6.54 Å². The quantitative estimate of drug-likeness (QED) is 0.195. The maximum absolute atomic E-state index is 14.6. The molecule has 6 heterocycles. The molecule has 7 rings (SSSR count). The number of benzene rings is 1. The van der Waals surface area contributed by atoms with Crippen molar-refractivity contribution in [2.45, 2.75) is 19.4 Å². The number of rotatable bonds is 10. The molecule has 1 aliphatic heterocycles. The Kier molecular flexibility index (Phi) is 7.73. The van der Waals surface area contributed by atoms with Crippen molar-refractivity contribution in [2.75, 3.05) is 32.5 Å². The van der Waals surface area contributed by atoms with Gasteiger partial charge in [-0.05, 0) is 91.2 Å². The number of aromatic amines is 2. The topological polar surface area (TPSA) is 142 Å². The Morgan fingerprint density at radius 1 is 1.04 bits per heavy atom. The molecule has 1 aliphatic rings. The third-order valence-electron chi connectivity index (χ3n) is 7.89. The lowest BCUT2D eigenvalue weighted by atomic mass is 10.0. The number of ether oxygens (including phenoxy) is 1. The van der Waals surface area contributed by atoms with Crippen LogP contribution < -0.4 is 9.46 Å². The largest absolute Gasteiger partial charge is 0.491 e. The average molecular weight is 627 g/mol. The van der Waals surface area contributed by atoms with Gasteiger partial charge in [0.25, 0.3) is 0 Å². The lowest BCUT2D eigenvalue weighted by Gasteiger charge is -2.15. The van der Waals surface area contributed by atoms with E-state index < -0.39 is 15.8 Å². The number of H-pyrrole nitrogens is 2. The molecule has 0 spiro atoms. The van der Waals surface area contributed by atoms with E-state index in [1.54, 1.807) is 30.7 Å². The van der Waals surface area contributed by atoms with Gasteiger partial charge in [0.2, 0.25) is 10.0 Å². The Morgan fingerprint density at radius 3 is 2.76 bits per heavy atom. The molecule has 11 nitrogen and oxygen atoms in total. The van der Waals surface area contributed by atoms with Gasteiger partial charge < -0.3 is 9.72 Å². The first kappa shape index (κ1) is 29.0. The molecule has 0 unspecified atom stereocenters. The minimum atomic E-state index is -3.43. The number of hydrogen-bond acceptors (Lipinski definition) is 8. The number of pyridine rings is 3. The molecule has 0 bridgehead atoms. The highest BCUT2D eigenvalue weighted by atomic mass is 32.2. The van der Waals surface area contributed by atoms with E-state index in [9.17, 15) is 12.8 Å². The van der Waals surface area contributed by atoms with E-state index in [0.29, 0.717) is 46.0 Å². The second-order valence-electron chi connectivity index (χ2n) is 11.2. The monoisotopic (exact) mass is 626 g/mol. The normalized spacial score (nSPS) is 14.1. The van der Waals surface area contributed by atoms with Crippen molar-refractivity contribution in [3.8, 4) is 39.5 Å². The number of nitrogens with one attached hydrogen (secondary N) is 3. The summed E-state index contributed by atoms with van der Waals surface area (Å²) in [5.74, 6) is 0.229. The van der Waals surface area contributed by atoms with Gasteiger partial charge >= 0.3 is 0 Å². The SMILES string of the molecule is CS(=O)(=O)NCc1cc(F)cc(-c2ccnc3[nH]c(-c4n[nH]c5ccc(-c6cncc(OCCN7CCCC7)c6)nc45)cc23)c1. The fourth-order valence-corrected chi connectivity index (χ4v) is 6.14. The fourth-order valence-electron chi connectivity index (χ4n) is 5.71. The molecule has 1 fully saturated rings. The molecule has 0 radical (unpaired) electrons. The summed E-state index contributed by atoms with van der Waals surface area (Å²) >= 11 is 0. The van der Waals surface area contributed by atoms with Gasteiger partial charge in [0, 0.05) is 36.4 Å². The van der Waals surface area contributed by atoms with Gasteiger partial charge in [-0.15, -0.1) is 0 Å². The zero-order chi connectivity index (χ0) is 31.0. The van der Waals surface area contributed by atoms with Crippen LogP contribution in [-0.4, -0.2) is 75.9 Å². The number of sulfonamides is 1. The molecular formula is C32H31FN8O3S. The van der Waals surface area contributed by atoms with E-state index in [2.05, 4.69) is 34.8 Å². The Morgan fingerprint density at radius 2 is 1.91 bits per heavy atom. The standard InChI is InChI=1S/C32H31FN8O3S/c1-45(42,43)36-17-20-12-21(14-23(33)13-20)25-6-7-35-32-26(25)16-29(38-32)31-30-28(39-40-31)5-4-27(37-30)22-15-24(19-34-18-22)44-11-10-41-8-2-3-9-41/h4-7,12-16,18-19,36H,2-3,8-11,17H2,1H3,(H,35,38)(H,39,40). The summed E-state index contributed by atoms with van der Waals surface area (Å²) in [7, 11) is -3.43. The van der Waals surface area contributed by atoms with Gasteiger partial charge in [-0.3, -0.25) is 15.0 Å². The van der Waals surface area contributed by atoms with Crippen molar-refractivity contribution in [1.82, 2.24) is 39.8 Å². The lowest BCUT2D eigenvalue weighted by molar-refractivity contribution is 0.237. The third-order valence-corrected chi connectivity index (χ3v) is 8.55. The van der Waals surface area contributed by atoms with Gasteiger partial charge in [0.05, 0.1) is 29.4 Å². The molecule has 0 aliphatic carbocycles. The first-order valence-electron chi connectivity index (χ1n) is 14.7. The summed E-state index contributed by atoms with van der Waals surface area (Å²) in [5, 5.41) is 8.37. The highest BCUT2D eigenvalue weighted by Gasteiger charge is 2.17. The van der Waals surface area contributed by atoms with Crippen molar-refractivity contribution >= 4 is 32.1 Å². The minimum absolute atomic E-state index is 0.0212. The number of likely N-dealkylation sites (tertiary alicyclic amines) is 1. The number of hydrogen-bond donors (Lipinski definition) is 3. The van der Waals surface area contributed by atoms with Gasteiger partial charge in [0.15, 0.2) is 0 Å². The van der Waals surface area contributed by atoms with E-state index in [1.807, 2.05) is 24.3 Å². The molecule has 230 valence electrons. The number of fused-ring (bicyclic) bond motifs is 2. The van der Waals surface area contributed by atoms with Crippen LogP contribution in [0.5, 0.6) is 5.75 Å². The predicted octanol–water partition coefficient (Wildman–Crippen LogP) is 4.89. The summed E-state index contributed by atoms with van der Waals surface area (Å²) in [6.45, 7) is 3.74. The fraction of sp³-hybridized carbons (Fsp3) is 0.250. The number of nitrogens with zero attached hydrogens (tertiary/aromatic N) is 5. The predicted molar refractivity (Wildman–Crippen MR) is 170 cm³/mol. The molecule has 0 amide bonds. The second-order valence-corrected chi connectivity index (χ2v) is 13.0. The van der Waals surface area contributed by atoms with Crippen LogP contribution in [0, 0.1) is 5.82 Å². The average Bonchev–Trinajstić information content (AvgIpc) is 3.79. The molecular weight excluding hydrogens is 595 g/mol. The second kappa shape index (κ2) is 12.0. The maximum atomic E-state index is 14.6. The van der Waals surface area contributed by atoms with Gasteiger partial charge in [-0.2, -0.15) is 5.10 Å². The molecule has 45 heavy (non-hydrogen) atoms. The zero-order valence-corrected chi connectivity index (χ0v) is 25.4. The summed E-state index contributed by atoms with van der Waals surface area (Å²) in [4.78, 5) is 19.6. The van der Waals surface area contributed by atoms with E-state index >= 15 is 0 Å². The summed E-state index contributed by atoms with van der Waals surface area (Å²) < 4.78 is 46.2. The van der Waals surface area contributed by atoms with Crippen molar-refractivity contribution in [1.29, 1.82) is 0 Å². The van der Waals surface area contributed by atoms with Crippen LogP contribution in [0.3, 0.4) is 0 Å². The maximum Gasteiger partial charge on any atom is 0.209 e. The third kappa shape index (κ3) is 6.41. The molecule has 6 aromatic rings. The van der Waals surface area contributed by atoms with Crippen LogP contribution in [-0.2, 0) is 16.6 Å². The molecule has 1 aromatic carbocycles. The molecule has 0 atom stereocenters. The van der Waals surface area contributed by atoms with Crippen LogP contribution >= 0.6 is 0 Å². The Labute approximate surface area is 258 Å². The van der Waals surface area contributed by atoms with Crippen molar-refractivity contribution in [3.05, 3.63) is 78.5 Å². The van der Waals surface area contributed by atoms with Crippen LogP contribution in [0.25, 0.3) is 55.8 Å². The summed E-state index contributed by atoms with van der Waals surface area (Å²) in [6.07, 6.45) is 8.68. The van der Waals surface area contributed by atoms with E-state index in [1.165, 1.54) is 25.0 Å². The summed E-state index contributed by atoms with van der Waals surface area (Å²) in [6, 6.07) is 14.0. The van der Waals surface area contributed by atoms with Crippen LogP contribution in [0.1, 0.15) is 18.4 Å². The number of aromatic nitrogens is 6. The van der Waals surface area contributed by atoms with Crippen molar-refractivity contribution in [2.24, 2.45) is 0 Å². The van der Waals surface area contributed by atoms with Gasteiger partial charge in [0.1, 0.15) is 35.0 Å². The Hall–Kier alpha value is -4.72. The van der Waals surface area contributed by atoms with Gasteiger partial charge in [-0.1, -0.05) is 0 Å². The van der Waals surface area contributed by atoms with E-state index in [4.69, 9.17) is 9.72 Å². The highest BCUT2D eigenvalue weighted by Crippen LogP contribution is 2.34. The van der Waals surface area contributed by atoms with Crippen LogP contribution in [0.4, 0.5) is 4.39 Å². The smallest absolute Gasteiger partial charge is 0.209 e. The first-order valence-corrected chi connectivity index (χ1v) is 16.6. The zero-order valence-electron chi connectivity index (χ0n) is 24.5.